The summed E-state index contributed by atoms with van der Waals surface area (Å²) in [5.41, 5.74) is 0. The van der Waals surface area contributed by atoms with Crippen LogP contribution in [0.1, 0.15) is 20.8 Å². The molecule has 0 atom stereocenters. The van der Waals surface area contributed by atoms with Crippen molar-refractivity contribution in [3.63, 3.8) is 0 Å². The summed E-state index contributed by atoms with van der Waals surface area (Å²) in [4.78, 5) is 24.7. The number of aliphatic hydroxyl groups excluding tert-OH is 1. The first-order valence-electron chi connectivity index (χ1n) is 5.77. The number of rotatable bonds is 8. The van der Waals surface area contributed by atoms with Gasteiger partial charge in [0.15, 0.2) is 0 Å². The molecular formula is C11H22N2O3S. The van der Waals surface area contributed by atoms with Crippen LogP contribution in [0.25, 0.3) is 0 Å². The van der Waals surface area contributed by atoms with Gasteiger partial charge in [-0.3, -0.25) is 9.59 Å². The fourth-order valence-electron chi connectivity index (χ4n) is 1.23. The van der Waals surface area contributed by atoms with Crippen LogP contribution in [-0.4, -0.2) is 59.1 Å². The Balaban J connectivity index is 4.04. The number of amides is 2. The number of hydrogen-bond acceptors (Lipinski definition) is 4. The molecule has 6 heteroatoms. The molecule has 0 fully saturated rings. The van der Waals surface area contributed by atoms with Gasteiger partial charge < -0.3 is 15.3 Å². The summed E-state index contributed by atoms with van der Waals surface area (Å²) in [6.45, 7) is 6.30. The largest absolute Gasteiger partial charge is 0.396 e. The lowest BCUT2D eigenvalue weighted by Gasteiger charge is -2.20. The molecule has 0 bridgehead atoms. The van der Waals surface area contributed by atoms with Crippen LogP contribution in [0.2, 0.25) is 0 Å². The Bertz CT molecular complexity index is 247. The van der Waals surface area contributed by atoms with Gasteiger partial charge in [0.25, 0.3) is 0 Å². The van der Waals surface area contributed by atoms with Crippen LogP contribution in [-0.2, 0) is 9.59 Å². The summed E-state index contributed by atoms with van der Waals surface area (Å²) < 4.78 is 0. The number of carbonyl (C=O) groups excluding carboxylic acids is 2. The number of aliphatic hydroxyl groups is 1. The first kappa shape index (κ1) is 16.2. The first-order valence-corrected chi connectivity index (χ1v) is 6.92. The van der Waals surface area contributed by atoms with E-state index in [0.717, 1.165) is 0 Å². The van der Waals surface area contributed by atoms with Crippen molar-refractivity contribution in [2.24, 2.45) is 0 Å². The van der Waals surface area contributed by atoms with E-state index in [1.807, 2.05) is 20.8 Å². The van der Waals surface area contributed by atoms with Crippen LogP contribution in [0.3, 0.4) is 0 Å². The van der Waals surface area contributed by atoms with Crippen LogP contribution in [0.15, 0.2) is 0 Å². The molecule has 0 radical (unpaired) electrons. The summed E-state index contributed by atoms with van der Waals surface area (Å²) >= 11 is 1.37. The van der Waals surface area contributed by atoms with Crippen molar-refractivity contribution in [2.75, 3.05) is 31.2 Å². The fourth-order valence-corrected chi connectivity index (χ4v) is 1.86. The zero-order valence-corrected chi connectivity index (χ0v) is 11.5. The highest BCUT2D eigenvalue weighted by Crippen LogP contribution is 2.02. The van der Waals surface area contributed by atoms with E-state index in [9.17, 15) is 9.59 Å². The lowest BCUT2D eigenvalue weighted by molar-refractivity contribution is -0.134. The summed E-state index contributed by atoms with van der Waals surface area (Å²) in [6, 6.07) is 0.0834. The van der Waals surface area contributed by atoms with Gasteiger partial charge in [0.1, 0.15) is 0 Å². The Labute approximate surface area is 107 Å². The summed E-state index contributed by atoms with van der Waals surface area (Å²) in [6.07, 6.45) is 0. The summed E-state index contributed by atoms with van der Waals surface area (Å²) in [7, 11) is 0. The summed E-state index contributed by atoms with van der Waals surface area (Å²) in [5, 5.41) is 11.4. The Kier molecular flexibility index (Phi) is 8.89. The van der Waals surface area contributed by atoms with Crippen molar-refractivity contribution >= 4 is 23.6 Å². The molecule has 17 heavy (non-hydrogen) atoms. The minimum absolute atomic E-state index is 0.0649. The lowest BCUT2D eigenvalue weighted by Crippen LogP contribution is -2.43. The normalized spacial score (nSPS) is 10.4. The molecular weight excluding hydrogens is 240 g/mol. The van der Waals surface area contributed by atoms with Crippen molar-refractivity contribution in [3.8, 4) is 0 Å². The van der Waals surface area contributed by atoms with E-state index < -0.39 is 0 Å². The SMILES string of the molecule is CCN(CC(=O)NC(C)C)C(=O)CSCCO. The molecule has 0 aliphatic carbocycles. The Morgan fingerprint density at radius 2 is 2.06 bits per heavy atom. The molecule has 100 valence electrons. The van der Waals surface area contributed by atoms with E-state index in [1.165, 1.54) is 16.7 Å². The van der Waals surface area contributed by atoms with E-state index >= 15 is 0 Å². The Hall–Kier alpha value is -0.750. The monoisotopic (exact) mass is 262 g/mol. The topological polar surface area (TPSA) is 69.6 Å². The molecule has 0 spiro atoms. The van der Waals surface area contributed by atoms with Crippen LogP contribution in [0.4, 0.5) is 0 Å². The average Bonchev–Trinajstić information content (AvgIpc) is 2.25. The number of hydrogen-bond donors (Lipinski definition) is 2. The van der Waals surface area contributed by atoms with Crippen LogP contribution in [0, 0.1) is 0 Å². The fraction of sp³-hybridized carbons (Fsp3) is 0.818. The Morgan fingerprint density at radius 3 is 2.53 bits per heavy atom. The highest BCUT2D eigenvalue weighted by Gasteiger charge is 2.15. The van der Waals surface area contributed by atoms with Gasteiger partial charge in [-0.2, -0.15) is 0 Å². The van der Waals surface area contributed by atoms with Gasteiger partial charge >= 0.3 is 0 Å². The number of nitrogens with zero attached hydrogens (tertiary/aromatic N) is 1. The highest BCUT2D eigenvalue weighted by molar-refractivity contribution is 7.99. The maximum absolute atomic E-state index is 11.7. The van der Waals surface area contributed by atoms with Crippen molar-refractivity contribution in [2.45, 2.75) is 26.8 Å². The number of carbonyl (C=O) groups is 2. The van der Waals surface area contributed by atoms with Crippen molar-refractivity contribution in [1.29, 1.82) is 0 Å². The first-order chi connectivity index (χ1) is 8.01. The van der Waals surface area contributed by atoms with Gasteiger partial charge in [0.2, 0.25) is 11.8 Å². The number of nitrogens with one attached hydrogen (secondary N) is 1. The maximum atomic E-state index is 11.7. The van der Waals surface area contributed by atoms with Crippen LogP contribution < -0.4 is 5.32 Å². The molecule has 0 saturated carbocycles. The maximum Gasteiger partial charge on any atom is 0.239 e. The molecule has 0 heterocycles. The molecule has 0 aliphatic rings. The second-order valence-corrected chi connectivity index (χ2v) is 5.01. The molecule has 0 saturated heterocycles. The van der Waals surface area contributed by atoms with Gasteiger partial charge in [0.05, 0.1) is 18.9 Å². The molecule has 0 rings (SSSR count). The highest BCUT2D eigenvalue weighted by atomic mass is 32.2. The average molecular weight is 262 g/mol. The lowest BCUT2D eigenvalue weighted by atomic mass is 10.3. The van der Waals surface area contributed by atoms with Gasteiger partial charge in [0, 0.05) is 18.3 Å². The second kappa shape index (κ2) is 9.30. The molecule has 2 N–H and O–H groups in total. The van der Waals surface area contributed by atoms with Gasteiger partial charge in [-0.25, -0.2) is 0 Å². The summed E-state index contributed by atoms with van der Waals surface area (Å²) in [5.74, 6) is 0.650. The Morgan fingerprint density at radius 1 is 1.41 bits per heavy atom. The van der Waals surface area contributed by atoms with Crippen LogP contribution in [0.5, 0.6) is 0 Å². The third-order valence-electron chi connectivity index (χ3n) is 1.98. The van der Waals surface area contributed by atoms with Gasteiger partial charge in [-0.1, -0.05) is 0 Å². The van der Waals surface area contributed by atoms with E-state index in [0.29, 0.717) is 18.1 Å². The molecule has 0 unspecified atom stereocenters. The van der Waals surface area contributed by atoms with Crippen molar-refractivity contribution in [1.82, 2.24) is 10.2 Å². The number of likely N-dealkylation sites (N-methyl/N-ethyl adjacent to an activating group) is 1. The predicted molar refractivity (Wildman–Crippen MR) is 69.9 cm³/mol. The third kappa shape index (κ3) is 8.04. The van der Waals surface area contributed by atoms with Crippen molar-refractivity contribution in [3.05, 3.63) is 0 Å². The van der Waals surface area contributed by atoms with E-state index in [2.05, 4.69) is 5.32 Å². The quantitative estimate of drug-likeness (QED) is 0.608. The predicted octanol–water partition coefficient (Wildman–Crippen LogP) is 0.0850. The number of thioether (sulfide) groups is 1. The van der Waals surface area contributed by atoms with Gasteiger partial charge in [-0.15, -0.1) is 11.8 Å². The molecule has 0 aromatic heterocycles. The van der Waals surface area contributed by atoms with E-state index in [-0.39, 0.29) is 31.0 Å². The minimum Gasteiger partial charge on any atom is -0.396 e. The zero-order chi connectivity index (χ0) is 13.3. The van der Waals surface area contributed by atoms with E-state index in [1.54, 1.807) is 0 Å². The standard InChI is InChI=1S/C11H22N2O3S/c1-4-13(7-10(15)12-9(2)3)11(16)8-17-6-5-14/h9,14H,4-8H2,1-3H3,(H,12,15). The van der Waals surface area contributed by atoms with Crippen molar-refractivity contribution < 1.29 is 14.7 Å². The molecule has 0 aromatic rings. The molecule has 5 nitrogen and oxygen atoms in total. The van der Waals surface area contributed by atoms with Crippen LogP contribution >= 0.6 is 11.8 Å². The minimum atomic E-state index is -0.137. The van der Waals surface area contributed by atoms with E-state index in [4.69, 9.17) is 5.11 Å². The molecule has 2 amide bonds. The molecule has 0 aromatic carbocycles. The zero-order valence-electron chi connectivity index (χ0n) is 10.7. The second-order valence-electron chi connectivity index (χ2n) is 3.91. The van der Waals surface area contributed by atoms with Gasteiger partial charge in [-0.05, 0) is 20.8 Å². The smallest absolute Gasteiger partial charge is 0.239 e. The molecule has 0 aliphatic heterocycles. The third-order valence-corrected chi connectivity index (χ3v) is 2.90.